The van der Waals surface area contributed by atoms with Crippen molar-refractivity contribution in [1.82, 2.24) is 4.57 Å². The van der Waals surface area contributed by atoms with Gasteiger partial charge in [0.15, 0.2) is 5.58 Å². The molecule has 0 atom stereocenters. The van der Waals surface area contributed by atoms with Crippen LogP contribution >= 0.6 is 15.9 Å². The highest BCUT2D eigenvalue weighted by atomic mass is 79.9. The first-order valence-corrected chi connectivity index (χ1v) is 9.79. The second-order valence-corrected chi connectivity index (χ2v) is 7.41. The number of nitro benzene ring substituents is 1. The molecule has 0 aliphatic heterocycles. The van der Waals surface area contributed by atoms with Crippen molar-refractivity contribution in [3.63, 3.8) is 0 Å². The molecule has 0 radical (unpaired) electrons. The minimum Gasteiger partial charge on any atom is -0.457 e. The number of nitrogens with one attached hydrogen (secondary N) is 1. The zero-order chi connectivity index (χ0) is 22.0. The maximum absolute atomic E-state index is 12.4. The third-order valence-corrected chi connectivity index (χ3v) is 4.88. The summed E-state index contributed by atoms with van der Waals surface area (Å²) >= 11 is 3.36. The molecule has 0 aliphatic rings. The van der Waals surface area contributed by atoms with E-state index in [1.54, 1.807) is 24.3 Å². The Hall–Kier alpha value is -3.92. The van der Waals surface area contributed by atoms with Gasteiger partial charge in [-0.3, -0.25) is 19.5 Å². The number of nitrogens with zero attached hydrogens (tertiary/aromatic N) is 2. The van der Waals surface area contributed by atoms with Crippen LogP contribution in [-0.2, 0) is 11.3 Å². The standard InChI is InChI=1S/C21H14BrN3O6/c22-13-1-6-16(7-2-13)30-17-8-3-14(4-9-17)23-20(26)12-24-18-10-5-15(25(28)29)11-19(18)31-21(24)27/h1-11H,12H2,(H,23,26). The lowest BCUT2D eigenvalue weighted by molar-refractivity contribution is -0.384. The monoisotopic (exact) mass is 483 g/mol. The Morgan fingerprint density at radius 2 is 1.71 bits per heavy atom. The Kier molecular flexibility index (Phi) is 5.54. The summed E-state index contributed by atoms with van der Waals surface area (Å²) in [5.41, 5.74) is 0.651. The number of non-ortho nitro benzene ring substituents is 1. The van der Waals surface area contributed by atoms with E-state index in [4.69, 9.17) is 9.15 Å². The van der Waals surface area contributed by atoms with E-state index in [0.717, 1.165) is 15.1 Å². The molecule has 9 nitrogen and oxygen atoms in total. The lowest BCUT2D eigenvalue weighted by atomic mass is 10.3. The van der Waals surface area contributed by atoms with Crippen molar-refractivity contribution in [3.05, 3.63) is 91.9 Å². The van der Waals surface area contributed by atoms with Crippen molar-refractivity contribution in [2.75, 3.05) is 5.32 Å². The van der Waals surface area contributed by atoms with Gasteiger partial charge in [0.1, 0.15) is 18.0 Å². The Morgan fingerprint density at radius 3 is 2.35 bits per heavy atom. The molecule has 156 valence electrons. The van der Waals surface area contributed by atoms with E-state index in [-0.39, 0.29) is 17.8 Å². The first-order chi connectivity index (χ1) is 14.9. The number of nitro groups is 1. The van der Waals surface area contributed by atoms with Gasteiger partial charge in [0.25, 0.3) is 5.69 Å². The topological polar surface area (TPSA) is 117 Å². The van der Waals surface area contributed by atoms with Gasteiger partial charge < -0.3 is 14.5 Å². The zero-order valence-electron chi connectivity index (χ0n) is 15.8. The number of anilines is 1. The van der Waals surface area contributed by atoms with Gasteiger partial charge in [-0.15, -0.1) is 0 Å². The van der Waals surface area contributed by atoms with E-state index in [2.05, 4.69) is 21.2 Å². The molecule has 0 saturated heterocycles. The van der Waals surface area contributed by atoms with Gasteiger partial charge in [-0.05, 0) is 54.6 Å². The molecule has 1 N–H and O–H groups in total. The summed E-state index contributed by atoms with van der Waals surface area (Å²) < 4.78 is 12.8. The average Bonchev–Trinajstić information content (AvgIpc) is 3.05. The van der Waals surface area contributed by atoms with Crippen molar-refractivity contribution in [1.29, 1.82) is 0 Å². The molecule has 0 spiro atoms. The highest BCUT2D eigenvalue weighted by Gasteiger charge is 2.16. The number of fused-ring (bicyclic) bond motifs is 1. The highest BCUT2D eigenvalue weighted by Crippen LogP contribution is 2.25. The van der Waals surface area contributed by atoms with Gasteiger partial charge in [-0.1, -0.05) is 15.9 Å². The lowest BCUT2D eigenvalue weighted by Gasteiger charge is -2.08. The summed E-state index contributed by atoms with van der Waals surface area (Å²) in [6.07, 6.45) is 0. The van der Waals surface area contributed by atoms with E-state index < -0.39 is 16.6 Å². The smallest absolute Gasteiger partial charge is 0.420 e. The Morgan fingerprint density at radius 1 is 1.06 bits per heavy atom. The summed E-state index contributed by atoms with van der Waals surface area (Å²) in [5.74, 6) is 0.0408. The predicted molar refractivity (Wildman–Crippen MR) is 116 cm³/mol. The van der Waals surface area contributed by atoms with E-state index in [1.807, 2.05) is 24.3 Å². The third-order valence-electron chi connectivity index (χ3n) is 4.35. The summed E-state index contributed by atoms with van der Waals surface area (Å²) in [7, 11) is 0. The van der Waals surface area contributed by atoms with Gasteiger partial charge in [0.05, 0.1) is 16.5 Å². The number of halogens is 1. The van der Waals surface area contributed by atoms with Crippen LogP contribution in [0, 0.1) is 10.1 Å². The average molecular weight is 484 g/mol. The van der Waals surface area contributed by atoms with Crippen molar-refractivity contribution in [2.45, 2.75) is 6.54 Å². The minimum atomic E-state index is -0.774. The van der Waals surface area contributed by atoms with E-state index in [0.29, 0.717) is 22.7 Å². The maximum atomic E-state index is 12.4. The third kappa shape index (κ3) is 4.64. The molecular formula is C21H14BrN3O6. The summed E-state index contributed by atoms with van der Waals surface area (Å²) in [6, 6.07) is 17.9. The van der Waals surface area contributed by atoms with Crippen LogP contribution in [0.4, 0.5) is 11.4 Å². The minimum absolute atomic E-state index is 0.0430. The molecule has 0 bridgehead atoms. The Bertz CT molecular complexity index is 1330. The molecule has 4 aromatic rings. The number of hydrogen-bond donors (Lipinski definition) is 1. The van der Waals surface area contributed by atoms with E-state index in [9.17, 15) is 19.7 Å². The molecule has 3 aromatic carbocycles. The quantitative estimate of drug-likeness (QED) is 0.313. The van der Waals surface area contributed by atoms with Gasteiger partial charge in [-0.2, -0.15) is 0 Å². The van der Waals surface area contributed by atoms with Gasteiger partial charge in [0.2, 0.25) is 5.91 Å². The normalized spacial score (nSPS) is 10.7. The first kappa shape index (κ1) is 20.4. The van der Waals surface area contributed by atoms with Crippen LogP contribution in [-0.4, -0.2) is 15.4 Å². The molecule has 1 amide bonds. The number of ether oxygens (including phenoxy) is 1. The molecule has 1 aromatic heterocycles. The number of rotatable bonds is 6. The lowest BCUT2D eigenvalue weighted by Crippen LogP contribution is -2.24. The fourth-order valence-corrected chi connectivity index (χ4v) is 3.17. The van der Waals surface area contributed by atoms with Crippen molar-refractivity contribution >= 4 is 44.3 Å². The van der Waals surface area contributed by atoms with Crippen LogP contribution in [0.2, 0.25) is 0 Å². The Balaban J connectivity index is 1.44. The van der Waals surface area contributed by atoms with Crippen LogP contribution in [0.3, 0.4) is 0 Å². The molecule has 31 heavy (non-hydrogen) atoms. The number of carbonyl (C=O) groups is 1. The summed E-state index contributed by atoms with van der Waals surface area (Å²) in [5, 5.41) is 13.6. The zero-order valence-corrected chi connectivity index (χ0v) is 17.4. The van der Waals surface area contributed by atoms with Crippen molar-refractivity contribution < 1.29 is 18.9 Å². The predicted octanol–water partition coefficient (Wildman–Crippen LogP) is 4.70. The van der Waals surface area contributed by atoms with Gasteiger partial charge in [0, 0.05) is 16.2 Å². The number of amides is 1. The van der Waals surface area contributed by atoms with Gasteiger partial charge >= 0.3 is 5.76 Å². The maximum Gasteiger partial charge on any atom is 0.420 e. The van der Waals surface area contributed by atoms with Crippen LogP contribution in [0.25, 0.3) is 11.1 Å². The van der Waals surface area contributed by atoms with Crippen LogP contribution < -0.4 is 15.8 Å². The molecule has 0 fully saturated rings. The van der Waals surface area contributed by atoms with Crippen LogP contribution in [0.15, 0.2) is 80.4 Å². The Labute approximate surface area is 183 Å². The highest BCUT2D eigenvalue weighted by molar-refractivity contribution is 9.10. The van der Waals surface area contributed by atoms with E-state index in [1.165, 1.54) is 12.1 Å². The molecule has 0 saturated carbocycles. The first-order valence-electron chi connectivity index (χ1n) is 9.00. The van der Waals surface area contributed by atoms with Crippen LogP contribution in [0.5, 0.6) is 11.5 Å². The molecule has 10 heteroatoms. The molecule has 0 unspecified atom stereocenters. The molecule has 4 rings (SSSR count). The van der Waals surface area contributed by atoms with E-state index >= 15 is 0 Å². The number of aromatic nitrogens is 1. The summed E-state index contributed by atoms with van der Waals surface area (Å²) in [6.45, 7) is -0.305. The second kappa shape index (κ2) is 8.44. The number of oxazole rings is 1. The van der Waals surface area contributed by atoms with Crippen molar-refractivity contribution in [3.8, 4) is 11.5 Å². The molecule has 0 aliphatic carbocycles. The number of hydrogen-bond acceptors (Lipinski definition) is 6. The van der Waals surface area contributed by atoms with Gasteiger partial charge in [-0.25, -0.2) is 4.79 Å². The summed E-state index contributed by atoms with van der Waals surface area (Å²) in [4.78, 5) is 34.7. The number of carbonyl (C=O) groups excluding carboxylic acids is 1. The van der Waals surface area contributed by atoms with Crippen molar-refractivity contribution in [2.24, 2.45) is 0 Å². The fourth-order valence-electron chi connectivity index (χ4n) is 2.91. The fraction of sp³-hybridized carbons (Fsp3) is 0.0476. The SMILES string of the molecule is O=C(Cn1c(=O)oc2cc([N+](=O)[O-])ccc21)Nc1ccc(Oc2ccc(Br)cc2)cc1. The second-order valence-electron chi connectivity index (χ2n) is 6.49. The molecular weight excluding hydrogens is 470 g/mol. The van der Waals surface area contributed by atoms with Crippen LogP contribution in [0.1, 0.15) is 0 Å². The largest absolute Gasteiger partial charge is 0.457 e. The molecule has 1 heterocycles. The number of benzene rings is 3.